The summed E-state index contributed by atoms with van der Waals surface area (Å²) in [6.07, 6.45) is 1.60. The summed E-state index contributed by atoms with van der Waals surface area (Å²) in [6.45, 7) is 0. The number of hydrogen-bond donors (Lipinski definition) is 1. The molecule has 2 aliphatic heterocycles. The molecule has 0 fully saturated rings. The summed E-state index contributed by atoms with van der Waals surface area (Å²) in [5.41, 5.74) is 2.27. The number of ketones is 1. The zero-order valence-corrected chi connectivity index (χ0v) is 19.3. The molecule has 0 spiro atoms. The number of Topliss-reactive ketones (excluding diaryl/α,β-unsaturated/α-hetero) is 1. The van der Waals surface area contributed by atoms with Crippen molar-refractivity contribution < 1.29 is 38.4 Å². The van der Waals surface area contributed by atoms with Crippen LogP contribution in [0.2, 0.25) is 0 Å². The number of methoxy groups -OCH3 is 3. The molecule has 1 unspecified atom stereocenters. The van der Waals surface area contributed by atoms with E-state index in [0.717, 1.165) is 5.56 Å². The standard InChI is InChI=1S/C27H22O8/c1-31-15-5-6-16(22(12-15)33-3)18-13-24(29)34-21-9-7-17-26(30)23(35-27(17)25(18)21)11-14-4-8-20(32-2)19(28)10-14/h4-12,18,28H,13H2,1-3H3/b23-11-. The van der Waals surface area contributed by atoms with Gasteiger partial charge in [-0.05, 0) is 42.0 Å². The highest BCUT2D eigenvalue weighted by molar-refractivity contribution is 6.15. The molecule has 0 aromatic heterocycles. The summed E-state index contributed by atoms with van der Waals surface area (Å²) in [5, 5.41) is 10.1. The first-order chi connectivity index (χ1) is 16.9. The average molecular weight is 474 g/mol. The van der Waals surface area contributed by atoms with Crippen molar-refractivity contribution in [2.75, 3.05) is 21.3 Å². The fourth-order valence-corrected chi connectivity index (χ4v) is 4.43. The Morgan fingerprint density at radius 3 is 2.43 bits per heavy atom. The van der Waals surface area contributed by atoms with Gasteiger partial charge in [0.15, 0.2) is 17.3 Å². The summed E-state index contributed by atoms with van der Waals surface area (Å²) >= 11 is 0. The fourth-order valence-electron chi connectivity index (χ4n) is 4.43. The van der Waals surface area contributed by atoms with Gasteiger partial charge in [-0.15, -0.1) is 0 Å². The average Bonchev–Trinajstić information content (AvgIpc) is 3.18. The minimum atomic E-state index is -0.459. The minimum absolute atomic E-state index is 0.0507. The van der Waals surface area contributed by atoms with Crippen LogP contribution in [0, 0.1) is 0 Å². The molecule has 0 saturated carbocycles. The Morgan fingerprint density at radius 2 is 1.71 bits per heavy atom. The van der Waals surface area contributed by atoms with Gasteiger partial charge in [-0.3, -0.25) is 9.59 Å². The highest BCUT2D eigenvalue weighted by Gasteiger charge is 2.39. The molecule has 3 aromatic carbocycles. The first-order valence-corrected chi connectivity index (χ1v) is 10.8. The predicted octanol–water partition coefficient (Wildman–Crippen LogP) is 4.48. The van der Waals surface area contributed by atoms with E-state index < -0.39 is 11.9 Å². The number of fused-ring (bicyclic) bond motifs is 3. The number of allylic oxidation sites excluding steroid dienone is 1. The molecule has 1 N–H and O–H groups in total. The maximum atomic E-state index is 13.2. The first kappa shape index (κ1) is 22.3. The van der Waals surface area contributed by atoms with Crippen molar-refractivity contribution in [2.45, 2.75) is 12.3 Å². The molecule has 0 amide bonds. The van der Waals surface area contributed by atoms with E-state index in [1.807, 2.05) is 6.07 Å². The number of hydrogen-bond acceptors (Lipinski definition) is 8. The van der Waals surface area contributed by atoms with Crippen molar-refractivity contribution in [2.24, 2.45) is 0 Å². The SMILES string of the molecule is COc1ccc(C2CC(=O)Oc3ccc4c(c32)O/C(=C\c2ccc(OC)c(O)c2)C4=O)c(OC)c1. The second kappa shape index (κ2) is 8.72. The summed E-state index contributed by atoms with van der Waals surface area (Å²) in [4.78, 5) is 25.6. The number of phenolic OH excluding ortho intramolecular Hbond substituents is 1. The van der Waals surface area contributed by atoms with Crippen molar-refractivity contribution in [3.63, 3.8) is 0 Å². The maximum absolute atomic E-state index is 13.2. The molecule has 0 bridgehead atoms. The molecule has 3 aromatic rings. The van der Waals surface area contributed by atoms with Crippen LogP contribution in [0.3, 0.4) is 0 Å². The van der Waals surface area contributed by atoms with Gasteiger partial charge in [0.05, 0.1) is 33.3 Å². The van der Waals surface area contributed by atoms with Crippen molar-refractivity contribution in [3.8, 4) is 34.5 Å². The molecule has 8 nitrogen and oxygen atoms in total. The summed E-state index contributed by atoms with van der Waals surface area (Å²) in [5.74, 6) is 1.02. The topological polar surface area (TPSA) is 101 Å². The number of carbonyl (C=O) groups excluding carboxylic acids is 2. The molecule has 178 valence electrons. The zero-order valence-electron chi connectivity index (χ0n) is 19.3. The highest BCUT2D eigenvalue weighted by atomic mass is 16.5. The number of ether oxygens (including phenoxy) is 5. The van der Waals surface area contributed by atoms with E-state index in [-0.39, 0.29) is 23.7 Å². The smallest absolute Gasteiger partial charge is 0.312 e. The van der Waals surface area contributed by atoms with Crippen LogP contribution >= 0.6 is 0 Å². The third-order valence-corrected chi connectivity index (χ3v) is 6.10. The van der Waals surface area contributed by atoms with E-state index in [4.69, 9.17) is 23.7 Å². The Bertz CT molecular complexity index is 1390. The number of phenols is 1. The molecule has 35 heavy (non-hydrogen) atoms. The molecule has 0 saturated heterocycles. The van der Waals surface area contributed by atoms with Gasteiger partial charge in [0.1, 0.15) is 23.0 Å². The van der Waals surface area contributed by atoms with Crippen LogP contribution in [-0.4, -0.2) is 38.2 Å². The lowest BCUT2D eigenvalue weighted by atomic mass is 9.84. The Labute approximate surface area is 201 Å². The van der Waals surface area contributed by atoms with E-state index in [1.165, 1.54) is 13.2 Å². The van der Waals surface area contributed by atoms with Gasteiger partial charge < -0.3 is 28.8 Å². The number of carbonyl (C=O) groups is 2. The molecule has 2 aliphatic rings. The Kier molecular flexibility index (Phi) is 5.56. The second-order valence-electron chi connectivity index (χ2n) is 8.06. The number of aromatic hydroxyl groups is 1. The lowest BCUT2D eigenvalue weighted by Crippen LogP contribution is -2.22. The van der Waals surface area contributed by atoms with Crippen LogP contribution in [0.4, 0.5) is 0 Å². The van der Waals surface area contributed by atoms with Crippen LogP contribution in [0.1, 0.15) is 39.4 Å². The van der Waals surface area contributed by atoms with Crippen molar-refractivity contribution in [3.05, 3.63) is 76.5 Å². The second-order valence-corrected chi connectivity index (χ2v) is 8.06. The highest BCUT2D eigenvalue weighted by Crippen LogP contribution is 2.50. The number of benzene rings is 3. The van der Waals surface area contributed by atoms with Gasteiger partial charge in [-0.25, -0.2) is 0 Å². The molecular weight excluding hydrogens is 452 g/mol. The third-order valence-electron chi connectivity index (χ3n) is 6.10. The largest absolute Gasteiger partial charge is 0.504 e. The zero-order chi connectivity index (χ0) is 24.7. The summed E-state index contributed by atoms with van der Waals surface area (Å²) in [7, 11) is 4.56. The normalized spacial score (nSPS) is 17.3. The van der Waals surface area contributed by atoms with Crippen molar-refractivity contribution in [1.82, 2.24) is 0 Å². The van der Waals surface area contributed by atoms with E-state index >= 15 is 0 Å². The van der Waals surface area contributed by atoms with Gasteiger partial charge in [0.25, 0.3) is 0 Å². The van der Waals surface area contributed by atoms with Gasteiger partial charge in [-0.1, -0.05) is 12.1 Å². The quantitative estimate of drug-likeness (QED) is 0.328. The van der Waals surface area contributed by atoms with Gasteiger partial charge in [0, 0.05) is 23.1 Å². The monoisotopic (exact) mass is 474 g/mol. The van der Waals surface area contributed by atoms with Crippen LogP contribution in [0.25, 0.3) is 6.08 Å². The molecule has 0 aliphatic carbocycles. The number of esters is 1. The van der Waals surface area contributed by atoms with E-state index in [2.05, 4.69) is 0 Å². The molecule has 8 heteroatoms. The lowest BCUT2D eigenvalue weighted by molar-refractivity contribution is -0.135. The van der Waals surface area contributed by atoms with Crippen LogP contribution in [0.5, 0.6) is 34.5 Å². The Hall–Kier alpha value is -4.46. The maximum Gasteiger partial charge on any atom is 0.312 e. The Balaban J connectivity index is 1.60. The fraction of sp³-hybridized carbons (Fsp3) is 0.185. The van der Waals surface area contributed by atoms with Gasteiger partial charge >= 0.3 is 5.97 Å². The van der Waals surface area contributed by atoms with Gasteiger partial charge in [-0.2, -0.15) is 0 Å². The summed E-state index contributed by atoms with van der Waals surface area (Å²) < 4.78 is 27.5. The van der Waals surface area contributed by atoms with Crippen LogP contribution < -0.4 is 23.7 Å². The molecular formula is C27H22O8. The Morgan fingerprint density at radius 1 is 0.914 bits per heavy atom. The lowest BCUT2D eigenvalue weighted by Gasteiger charge is -2.27. The van der Waals surface area contributed by atoms with E-state index in [9.17, 15) is 14.7 Å². The molecule has 0 radical (unpaired) electrons. The van der Waals surface area contributed by atoms with Crippen molar-refractivity contribution >= 4 is 17.8 Å². The molecule has 5 rings (SSSR count). The van der Waals surface area contributed by atoms with Gasteiger partial charge in [0.2, 0.25) is 5.78 Å². The summed E-state index contributed by atoms with van der Waals surface area (Å²) in [6, 6.07) is 13.3. The first-order valence-electron chi connectivity index (χ1n) is 10.8. The third kappa shape index (κ3) is 3.82. The predicted molar refractivity (Wildman–Crippen MR) is 126 cm³/mol. The minimum Gasteiger partial charge on any atom is -0.504 e. The van der Waals surface area contributed by atoms with Crippen LogP contribution in [0.15, 0.2) is 54.3 Å². The van der Waals surface area contributed by atoms with E-state index in [1.54, 1.807) is 56.7 Å². The van der Waals surface area contributed by atoms with Crippen LogP contribution in [-0.2, 0) is 4.79 Å². The molecule has 2 heterocycles. The van der Waals surface area contributed by atoms with E-state index in [0.29, 0.717) is 45.4 Å². The van der Waals surface area contributed by atoms with Crippen molar-refractivity contribution in [1.29, 1.82) is 0 Å². The number of rotatable bonds is 5. The molecule has 1 atom stereocenters.